The lowest BCUT2D eigenvalue weighted by Gasteiger charge is -2.25. The lowest BCUT2D eigenvalue weighted by atomic mass is 10.2. The van der Waals surface area contributed by atoms with Gasteiger partial charge in [0, 0.05) is 25.7 Å². The zero-order valence-corrected chi connectivity index (χ0v) is 12.5. The molecular weight excluding hydrogens is 244 g/mol. The van der Waals surface area contributed by atoms with Crippen molar-refractivity contribution in [1.82, 2.24) is 9.80 Å². The highest BCUT2D eigenvalue weighted by Crippen LogP contribution is 2.00. The average molecular weight is 270 g/mol. The minimum Gasteiger partial charge on any atom is -0.481 e. The number of carbonyl (C=O) groups is 2. The average Bonchev–Trinajstić information content (AvgIpc) is 2.32. The van der Waals surface area contributed by atoms with Crippen molar-refractivity contribution in [3.05, 3.63) is 11.6 Å². The number of hydrogen-bond donors (Lipinski definition) is 1. The maximum absolute atomic E-state index is 12.0. The smallest absolute Gasteiger partial charge is 0.305 e. The Bertz CT molecular complexity index is 319. The molecular formula is C14H26N2O3. The largest absolute Gasteiger partial charge is 0.481 e. The summed E-state index contributed by atoms with van der Waals surface area (Å²) in [6, 6.07) is 0. The molecule has 0 saturated heterocycles. The first-order valence-corrected chi connectivity index (χ1v) is 6.78. The van der Waals surface area contributed by atoms with E-state index in [0.717, 1.165) is 25.2 Å². The van der Waals surface area contributed by atoms with E-state index in [1.165, 1.54) is 0 Å². The number of amides is 1. The van der Waals surface area contributed by atoms with Gasteiger partial charge in [0.25, 0.3) is 0 Å². The number of hydrogen-bond acceptors (Lipinski definition) is 3. The lowest BCUT2D eigenvalue weighted by molar-refractivity contribution is -0.138. The number of carboxylic acids is 1. The Labute approximate surface area is 115 Å². The highest BCUT2D eigenvalue weighted by atomic mass is 16.4. The molecule has 5 heteroatoms. The fourth-order valence-corrected chi connectivity index (χ4v) is 1.70. The fraction of sp³-hybridized carbons (Fsp3) is 0.714. The molecule has 1 N–H and O–H groups in total. The second kappa shape index (κ2) is 9.55. The topological polar surface area (TPSA) is 60.9 Å². The summed E-state index contributed by atoms with van der Waals surface area (Å²) in [5.41, 5.74) is 0.924. The quantitative estimate of drug-likeness (QED) is 0.646. The van der Waals surface area contributed by atoms with Crippen molar-refractivity contribution < 1.29 is 14.7 Å². The summed E-state index contributed by atoms with van der Waals surface area (Å²) in [6.07, 6.45) is 1.55. The van der Waals surface area contributed by atoms with Crippen LogP contribution in [0, 0.1) is 0 Å². The summed E-state index contributed by atoms with van der Waals surface area (Å²) in [4.78, 5) is 26.5. The van der Waals surface area contributed by atoms with Gasteiger partial charge in [0.2, 0.25) is 5.91 Å². The molecule has 0 radical (unpaired) electrons. The highest BCUT2D eigenvalue weighted by molar-refractivity contribution is 5.88. The summed E-state index contributed by atoms with van der Waals surface area (Å²) in [5, 5.41) is 8.73. The molecule has 0 unspecified atom stereocenters. The van der Waals surface area contributed by atoms with Crippen molar-refractivity contribution in [2.45, 2.75) is 34.1 Å². The molecule has 0 heterocycles. The lowest BCUT2D eigenvalue weighted by Crippen LogP contribution is -2.39. The van der Waals surface area contributed by atoms with E-state index in [1.54, 1.807) is 11.0 Å². The van der Waals surface area contributed by atoms with Crippen molar-refractivity contribution in [3.8, 4) is 0 Å². The van der Waals surface area contributed by atoms with Gasteiger partial charge in [-0.2, -0.15) is 0 Å². The van der Waals surface area contributed by atoms with Gasteiger partial charge < -0.3 is 14.9 Å². The molecule has 0 aliphatic carbocycles. The number of carboxylic acid groups (broad SMARTS) is 1. The maximum Gasteiger partial charge on any atom is 0.305 e. The Morgan fingerprint density at radius 1 is 1.05 bits per heavy atom. The summed E-state index contributed by atoms with van der Waals surface area (Å²) >= 11 is 0. The Morgan fingerprint density at radius 3 is 2.05 bits per heavy atom. The number of likely N-dealkylation sites (N-methyl/N-ethyl adjacent to an activating group) is 1. The van der Waals surface area contributed by atoms with Crippen LogP contribution in [0.1, 0.15) is 34.1 Å². The molecule has 0 aromatic heterocycles. The van der Waals surface area contributed by atoms with Crippen molar-refractivity contribution in [1.29, 1.82) is 0 Å². The zero-order valence-electron chi connectivity index (χ0n) is 12.5. The number of aliphatic carboxylic acids is 1. The van der Waals surface area contributed by atoms with Crippen LogP contribution < -0.4 is 0 Å². The monoisotopic (exact) mass is 270 g/mol. The summed E-state index contributed by atoms with van der Waals surface area (Å²) in [7, 11) is 0. The zero-order chi connectivity index (χ0) is 14.8. The standard InChI is InChI=1S/C14H26N2O3/c1-5-15(6-2)9-10-16(8-7-14(18)19)13(17)11-12(3)4/h11H,5-10H2,1-4H3,(H,18,19). The van der Waals surface area contributed by atoms with Crippen molar-refractivity contribution in [2.75, 3.05) is 32.7 Å². The highest BCUT2D eigenvalue weighted by Gasteiger charge is 2.13. The van der Waals surface area contributed by atoms with Crippen molar-refractivity contribution in [3.63, 3.8) is 0 Å². The number of carbonyl (C=O) groups excluding carboxylic acids is 1. The fourth-order valence-electron chi connectivity index (χ4n) is 1.70. The van der Waals surface area contributed by atoms with Crippen molar-refractivity contribution in [2.24, 2.45) is 0 Å². The predicted octanol–water partition coefficient (Wildman–Crippen LogP) is 1.60. The van der Waals surface area contributed by atoms with Crippen LogP contribution in [-0.4, -0.2) is 59.5 Å². The van der Waals surface area contributed by atoms with Crippen LogP contribution in [0.15, 0.2) is 11.6 Å². The Balaban J connectivity index is 4.53. The number of rotatable bonds is 9. The summed E-state index contributed by atoms with van der Waals surface area (Å²) in [5.74, 6) is -0.980. The van der Waals surface area contributed by atoms with Crippen LogP contribution in [0.5, 0.6) is 0 Å². The third-order valence-corrected chi connectivity index (χ3v) is 2.90. The minimum absolute atomic E-state index is 0.0133. The molecule has 0 aliphatic rings. The van der Waals surface area contributed by atoms with Crippen LogP contribution in [0.4, 0.5) is 0 Å². The summed E-state index contributed by atoms with van der Waals surface area (Å²) in [6.45, 7) is 11.3. The molecule has 0 spiro atoms. The van der Waals surface area contributed by atoms with Gasteiger partial charge in [-0.3, -0.25) is 9.59 Å². The molecule has 110 valence electrons. The van der Waals surface area contributed by atoms with E-state index >= 15 is 0 Å². The van der Waals surface area contributed by atoms with E-state index in [4.69, 9.17) is 5.11 Å². The molecule has 0 rings (SSSR count). The number of allylic oxidation sites excluding steroid dienone is 1. The van der Waals surface area contributed by atoms with E-state index in [2.05, 4.69) is 18.7 Å². The van der Waals surface area contributed by atoms with Gasteiger partial charge in [-0.25, -0.2) is 0 Å². The maximum atomic E-state index is 12.0. The van der Waals surface area contributed by atoms with Gasteiger partial charge in [0.15, 0.2) is 0 Å². The first-order chi connectivity index (χ1) is 8.90. The molecule has 0 aromatic rings. The van der Waals surface area contributed by atoms with Gasteiger partial charge in [0.05, 0.1) is 6.42 Å². The Kier molecular flexibility index (Phi) is 8.87. The molecule has 0 fully saturated rings. The van der Waals surface area contributed by atoms with Crippen LogP contribution in [0.3, 0.4) is 0 Å². The van der Waals surface area contributed by atoms with E-state index in [9.17, 15) is 9.59 Å². The van der Waals surface area contributed by atoms with E-state index < -0.39 is 5.97 Å². The van der Waals surface area contributed by atoms with Gasteiger partial charge in [0.1, 0.15) is 0 Å². The molecule has 0 bridgehead atoms. The van der Waals surface area contributed by atoms with E-state index in [1.807, 2.05) is 13.8 Å². The molecule has 0 aromatic carbocycles. The molecule has 0 saturated carbocycles. The normalized spacial score (nSPS) is 10.4. The second-order valence-electron chi connectivity index (χ2n) is 4.72. The van der Waals surface area contributed by atoms with Gasteiger partial charge >= 0.3 is 5.97 Å². The SMILES string of the molecule is CCN(CC)CCN(CCC(=O)O)C(=O)C=C(C)C. The van der Waals surface area contributed by atoms with Gasteiger partial charge in [-0.05, 0) is 26.9 Å². The molecule has 5 nitrogen and oxygen atoms in total. The van der Waals surface area contributed by atoms with Crippen LogP contribution >= 0.6 is 0 Å². The Morgan fingerprint density at radius 2 is 1.63 bits per heavy atom. The second-order valence-corrected chi connectivity index (χ2v) is 4.72. The minimum atomic E-state index is -0.877. The van der Waals surface area contributed by atoms with Gasteiger partial charge in [-0.1, -0.05) is 19.4 Å². The Hall–Kier alpha value is -1.36. The van der Waals surface area contributed by atoms with Crippen molar-refractivity contribution >= 4 is 11.9 Å². The third-order valence-electron chi connectivity index (χ3n) is 2.90. The van der Waals surface area contributed by atoms with Crippen LogP contribution in [0.2, 0.25) is 0 Å². The third kappa shape index (κ3) is 8.37. The first kappa shape index (κ1) is 17.6. The van der Waals surface area contributed by atoms with Gasteiger partial charge in [-0.15, -0.1) is 0 Å². The van der Waals surface area contributed by atoms with E-state index in [-0.39, 0.29) is 18.9 Å². The summed E-state index contributed by atoms with van der Waals surface area (Å²) < 4.78 is 0. The van der Waals surface area contributed by atoms with Crippen LogP contribution in [-0.2, 0) is 9.59 Å². The van der Waals surface area contributed by atoms with E-state index in [0.29, 0.717) is 6.54 Å². The predicted molar refractivity (Wildman–Crippen MR) is 76.1 cm³/mol. The molecule has 19 heavy (non-hydrogen) atoms. The number of nitrogens with zero attached hydrogens (tertiary/aromatic N) is 2. The molecule has 1 amide bonds. The molecule has 0 aliphatic heterocycles. The first-order valence-electron chi connectivity index (χ1n) is 6.78. The molecule has 0 atom stereocenters. The van der Waals surface area contributed by atoms with Crippen LogP contribution in [0.25, 0.3) is 0 Å².